The van der Waals surface area contributed by atoms with Crippen LogP contribution >= 0.6 is 0 Å². The van der Waals surface area contributed by atoms with Crippen LogP contribution < -0.4 is 0 Å². The minimum atomic E-state index is 0.576. The van der Waals surface area contributed by atoms with Gasteiger partial charge in [-0.05, 0) is 6.08 Å². The number of rotatable bonds is 1. The lowest BCUT2D eigenvalue weighted by molar-refractivity contribution is 1.17. The highest BCUT2D eigenvalue weighted by molar-refractivity contribution is 5.36. The maximum absolute atomic E-state index is 5.09. The van der Waals surface area contributed by atoms with Crippen molar-refractivity contribution in [1.29, 1.82) is 0 Å². The van der Waals surface area contributed by atoms with Crippen LogP contribution in [0.5, 0.6) is 0 Å². The molecule has 8 heavy (non-hydrogen) atoms. The molecule has 1 heterocycles. The largest absolute Gasteiger partial charge is 0.253 e. The van der Waals surface area contributed by atoms with Crippen LogP contribution in [0, 0.1) is 12.8 Å². The Bertz CT molecular complexity index is 169. The average molecular weight is 104 g/mol. The molecule has 0 atom stereocenters. The van der Waals surface area contributed by atoms with Gasteiger partial charge in [0.1, 0.15) is 6.20 Å². The molecule has 1 aromatic rings. The number of hydrogen-bond donors (Lipinski definition) is 0. The Labute approximate surface area is 47.9 Å². The molecule has 0 unspecified atom stereocenters. The molecule has 0 aliphatic rings. The summed E-state index contributed by atoms with van der Waals surface area (Å²) < 4.78 is 0. The highest BCUT2D eigenvalue weighted by Gasteiger charge is 1.80. The summed E-state index contributed by atoms with van der Waals surface area (Å²) in [6.45, 7) is 5.09. The van der Waals surface area contributed by atoms with Crippen LogP contribution in [-0.4, -0.2) is 9.97 Å². The zero-order valence-electron chi connectivity index (χ0n) is 4.20. The molecule has 0 amide bonds. The van der Waals surface area contributed by atoms with Crippen molar-refractivity contribution in [3.05, 3.63) is 30.9 Å². The zero-order valence-corrected chi connectivity index (χ0v) is 4.20. The van der Waals surface area contributed by atoms with Gasteiger partial charge in [0.15, 0.2) is 0 Å². The van der Waals surface area contributed by atoms with E-state index in [0.717, 1.165) is 0 Å². The SMILES string of the molecule is [CH]=Cc1[c]nccn1. The molecule has 0 fully saturated rings. The predicted octanol–water partition coefficient (Wildman–Crippen LogP) is 0.723. The van der Waals surface area contributed by atoms with Crippen molar-refractivity contribution in [3.8, 4) is 0 Å². The number of hydrogen-bond acceptors (Lipinski definition) is 2. The highest BCUT2D eigenvalue weighted by atomic mass is 14.7. The Balaban J connectivity index is 2.99. The topological polar surface area (TPSA) is 25.8 Å². The van der Waals surface area contributed by atoms with Gasteiger partial charge in [-0.15, -0.1) is 0 Å². The normalized spacial score (nSPS) is 8.50. The maximum atomic E-state index is 5.09. The Morgan fingerprint density at radius 3 is 2.88 bits per heavy atom. The first-order valence-corrected chi connectivity index (χ1v) is 2.17. The van der Waals surface area contributed by atoms with Crippen molar-refractivity contribution in [2.45, 2.75) is 0 Å². The van der Waals surface area contributed by atoms with Crippen molar-refractivity contribution < 1.29 is 0 Å². The van der Waals surface area contributed by atoms with E-state index in [2.05, 4.69) is 16.2 Å². The first kappa shape index (κ1) is 4.97. The van der Waals surface area contributed by atoms with E-state index in [1.54, 1.807) is 12.4 Å². The van der Waals surface area contributed by atoms with E-state index in [0.29, 0.717) is 5.69 Å². The zero-order chi connectivity index (χ0) is 5.82. The molecular weight excluding hydrogens is 100 g/mol. The standard InChI is InChI=1S/C6H4N2/c1-2-6-5-7-3-4-8-6/h1-4H. The Kier molecular flexibility index (Phi) is 1.37. The van der Waals surface area contributed by atoms with Crippen LogP contribution in [0.15, 0.2) is 12.4 Å². The summed E-state index contributed by atoms with van der Waals surface area (Å²) in [6, 6.07) is 0. The van der Waals surface area contributed by atoms with Gasteiger partial charge in [-0.25, -0.2) is 0 Å². The number of aromatic nitrogens is 2. The van der Waals surface area contributed by atoms with E-state index in [-0.39, 0.29) is 0 Å². The molecule has 2 nitrogen and oxygen atoms in total. The average Bonchev–Trinajstić information content (AvgIpc) is 1.90. The molecule has 2 heteroatoms. The second kappa shape index (κ2) is 2.21. The first-order chi connectivity index (χ1) is 3.93. The third kappa shape index (κ3) is 0.904. The minimum absolute atomic E-state index is 0.576. The highest BCUT2D eigenvalue weighted by Crippen LogP contribution is 1.86. The van der Waals surface area contributed by atoms with E-state index in [9.17, 15) is 0 Å². The molecule has 0 aromatic carbocycles. The molecule has 0 bridgehead atoms. The van der Waals surface area contributed by atoms with Crippen molar-refractivity contribution in [2.75, 3.05) is 0 Å². The molecule has 0 saturated carbocycles. The smallest absolute Gasteiger partial charge is 0.116 e. The second-order valence-corrected chi connectivity index (χ2v) is 1.22. The molecule has 1 aromatic heterocycles. The van der Waals surface area contributed by atoms with Crippen molar-refractivity contribution in [1.82, 2.24) is 9.97 Å². The van der Waals surface area contributed by atoms with Gasteiger partial charge in [-0.3, -0.25) is 9.97 Å². The fourth-order valence-electron chi connectivity index (χ4n) is 0.360. The van der Waals surface area contributed by atoms with Crippen LogP contribution in [0.4, 0.5) is 0 Å². The Hall–Kier alpha value is -1.18. The molecule has 38 valence electrons. The molecular formula is C6H4N2. The van der Waals surface area contributed by atoms with Crippen molar-refractivity contribution >= 4 is 6.08 Å². The summed E-state index contributed by atoms with van der Waals surface area (Å²) in [4.78, 5) is 7.46. The van der Waals surface area contributed by atoms with Crippen LogP contribution in [0.3, 0.4) is 0 Å². The van der Waals surface area contributed by atoms with Crippen LogP contribution in [0.1, 0.15) is 5.69 Å². The fourth-order valence-corrected chi connectivity index (χ4v) is 0.360. The van der Waals surface area contributed by atoms with Gasteiger partial charge in [0, 0.05) is 12.4 Å². The van der Waals surface area contributed by atoms with E-state index >= 15 is 0 Å². The summed E-state index contributed by atoms with van der Waals surface area (Å²) in [5, 5.41) is 0. The van der Waals surface area contributed by atoms with E-state index < -0.39 is 0 Å². The predicted molar refractivity (Wildman–Crippen MR) is 29.6 cm³/mol. The number of nitrogens with zero attached hydrogens (tertiary/aromatic N) is 2. The lowest BCUT2D eigenvalue weighted by atomic mass is 10.5. The molecule has 2 radical (unpaired) electrons. The van der Waals surface area contributed by atoms with Crippen LogP contribution in [0.2, 0.25) is 0 Å². The fraction of sp³-hybridized carbons (Fsp3) is 0. The van der Waals surface area contributed by atoms with Crippen LogP contribution in [-0.2, 0) is 0 Å². The molecule has 1 rings (SSSR count). The maximum Gasteiger partial charge on any atom is 0.116 e. The van der Waals surface area contributed by atoms with E-state index in [1.807, 2.05) is 0 Å². The van der Waals surface area contributed by atoms with Gasteiger partial charge in [0.25, 0.3) is 0 Å². The van der Waals surface area contributed by atoms with Gasteiger partial charge in [0.2, 0.25) is 0 Å². The summed E-state index contributed by atoms with van der Waals surface area (Å²) >= 11 is 0. The summed E-state index contributed by atoms with van der Waals surface area (Å²) in [5.41, 5.74) is 0.576. The minimum Gasteiger partial charge on any atom is -0.253 e. The quantitative estimate of drug-likeness (QED) is 0.524. The third-order valence-electron chi connectivity index (χ3n) is 0.692. The first-order valence-electron chi connectivity index (χ1n) is 2.17. The molecule has 0 saturated heterocycles. The van der Waals surface area contributed by atoms with Crippen LogP contribution in [0.25, 0.3) is 6.08 Å². The van der Waals surface area contributed by atoms with Gasteiger partial charge >= 0.3 is 0 Å². The molecule has 0 spiro atoms. The molecule has 0 N–H and O–H groups in total. The lowest BCUT2D eigenvalue weighted by Gasteiger charge is -1.82. The van der Waals surface area contributed by atoms with Gasteiger partial charge in [-0.2, -0.15) is 0 Å². The second-order valence-electron chi connectivity index (χ2n) is 1.22. The summed E-state index contributed by atoms with van der Waals surface area (Å²) in [6.07, 6.45) is 7.04. The molecule has 0 aliphatic carbocycles. The van der Waals surface area contributed by atoms with Crippen molar-refractivity contribution in [2.24, 2.45) is 0 Å². The van der Waals surface area contributed by atoms with Crippen molar-refractivity contribution in [3.63, 3.8) is 0 Å². The Morgan fingerprint density at radius 1 is 1.62 bits per heavy atom. The monoisotopic (exact) mass is 104 g/mol. The Morgan fingerprint density at radius 2 is 2.50 bits per heavy atom. The lowest BCUT2D eigenvalue weighted by Crippen LogP contribution is -1.79. The van der Waals surface area contributed by atoms with E-state index in [1.165, 1.54) is 6.08 Å². The van der Waals surface area contributed by atoms with Gasteiger partial charge in [0.05, 0.1) is 5.69 Å². The summed E-state index contributed by atoms with van der Waals surface area (Å²) in [5.74, 6) is 0. The van der Waals surface area contributed by atoms with Gasteiger partial charge in [-0.1, -0.05) is 6.58 Å². The van der Waals surface area contributed by atoms with Gasteiger partial charge < -0.3 is 0 Å². The summed E-state index contributed by atoms with van der Waals surface area (Å²) in [7, 11) is 0. The molecule has 0 aliphatic heterocycles. The van der Waals surface area contributed by atoms with E-state index in [4.69, 9.17) is 6.58 Å². The third-order valence-corrected chi connectivity index (χ3v) is 0.692.